The molecule has 0 fully saturated rings. The molecule has 1 N–H and O–H groups in total. The Hall–Kier alpha value is -1.01. The molecular weight excluding hydrogens is 272 g/mol. The third kappa shape index (κ3) is 4.03. The first-order valence-corrected chi connectivity index (χ1v) is 8.55. The minimum Gasteiger partial charge on any atom is -0.481 e. The van der Waals surface area contributed by atoms with Crippen LogP contribution in [0.5, 0.6) is 0 Å². The van der Waals surface area contributed by atoms with E-state index >= 15 is 0 Å². The van der Waals surface area contributed by atoms with Crippen molar-refractivity contribution in [3.8, 4) is 0 Å². The second-order valence-corrected chi connectivity index (χ2v) is 6.77. The topological polar surface area (TPSA) is 71.4 Å². The first-order valence-electron chi connectivity index (χ1n) is 5.44. The van der Waals surface area contributed by atoms with Crippen LogP contribution in [0, 0.1) is 0 Å². The smallest absolute Gasteiger partial charge is 0.303 e. The van der Waals surface area contributed by atoms with Gasteiger partial charge < -0.3 is 5.11 Å². The Morgan fingerprint density at radius 3 is 2.56 bits per heavy atom. The Kier molecular flexibility index (Phi) is 5.22. The fourth-order valence-corrected chi connectivity index (χ4v) is 3.91. The molecule has 18 heavy (non-hydrogen) atoms. The number of carbonyl (C=O) groups is 1. The molecule has 0 saturated heterocycles. The van der Waals surface area contributed by atoms with Gasteiger partial charge >= 0.3 is 5.97 Å². The molecule has 6 heteroatoms. The van der Waals surface area contributed by atoms with Gasteiger partial charge in [0.05, 0.1) is 4.90 Å². The molecule has 0 heterocycles. The van der Waals surface area contributed by atoms with Gasteiger partial charge in [-0.25, -0.2) is 8.42 Å². The summed E-state index contributed by atoms with van der Waals surface area (Å²) in [4.78, 5) is 11.5. The summed E-state index contributed by atoms with van der Waals surface area (Å²) >= 11 is 1.38. The molecule has 0 bridgehead atoms. The number of carboxylic acid groups (broad SMARTS) is 1. The van der Waals surface area contributed by atoms with Crippen LogP contribution in [0.3, 0.4) is 0 Å². The lowest BCUT2D eigenvalue weighted by molar-refractivity contribution is -0.137. The molecule has 0 aliphatic rings. The predicted molar refractivity (Wildman–Crippen MR) is 71.9 cm³/mol. The van der Waals surface area contributed by atoms with E-state index in [1.165, 1.54) is 18.0 Å². The molecule has 0 spiro atoms. The van der Waals surface area contributed by atoms with Gasteiger partial charge in [0, 0.05) is 17.6 Å². The van der Waals surface area contributed by atoms with Crippen molar-refractivity contribution in [1.82, 2.24) is 0 Å². The van der Waals surface area contributed by atoms with Crippen LogP contribution in [-0.4, -0.2) is 32.0 Å². The number of hydrogen-bond donors (Lipinski definition) is 1. The van der Waals surface area contributed by atoms with Gasteiger partial charge in [-0.2, -0.15) is 0 Å². The molecular formula is C12H16O4S2. The van der Waals surface area contributed by atoms with Gasteiger partial charge in [0.25, 0.3) is 0 Å². The van der Waals surface area contributed by atoms with E-state index in [0.29, 0.717) is 17.7 Å². The quantitative estimate of drug-likeness (QED) is 0.813. The van der Waals surface area contributed by atoms with Crippen molar-refractivity contribution in [2.24, 2.45) is 0 Å². The van der Waals surface area contributed by atoms with Crippen molar-refractivity contribution in [2.75, 3.05) is 12.5 Å². The number of benzene rings is 1. The lowest BCUT2D eigenvalue weighted by Crippen LogP contribution is -2.03. The summed E-state index contributed by atoms with van der Waals surface area (Å²) in [6, 6.07) is 5.14. The average Bonchev–Trinajstić information content (AvgIpc) is 2.27. The SMILES string of the molecule is CSc1c(CCCC(=O)O)cccc1S(C)(=O)=O. The third-order valence-electron chi connectivity index (χ3n) is 2.50. The van der Waals surface area contributed by atoms with Gasteiger partial charge in [0.1, 0.15) is 0 Å². The molecule has 1 aromatic rings. The summed E-state index contributed by atoms with van der Waals surface area (Å²) in [7, 11) is -3.25. The van der Waals surface area contributed by atoms with E-state index in [1.54, 1.807) is 12.1 Å². The summed E-state index contributed by atoms with van der Waals surface area (Å²) in [5, 5.41) is 8.60. The number of sulfone groups is 1. The highest BCUT2D eigenvalue weighted by Crippen LogP contribution is 2.29. The lowest BCUT2D eigenvalue weighted by atomic mass is 10.1. The van der Waals surface area contributed by atoms with Gasteiger partial charge in [0.15, 0.2) is 9.84 Å². The van der Waals surface area contributed by atoms with Crippen LogP contribution in [0.4, 0.5) is 0 Å². The second-order valence-electron chi connectivity index (χ2n) is 3.97. The van der Waals surface area contributed by atoms with Crippen LogP contribution in [0.15, 0.2) is 28.0 Å². The molecule has 0 aromatic heterocycles. The van der Waals surface area contributed by atoms with Crippen molar-refractivity contribution < 1.29 is 18.3 Å². The average molecular weight is 288 g/mol. The molecule has 1 rings (SSSR count). The van der Waals surface area contributed by atoms with Gasteiger partial charge in [-0.3, -0.25) is 4.79 Å². The minimum atomic E-state index is -3.25. The Morgan fingerprint density at radius 2 is 2.06 bits per heavy atom. The van der Waals surface area contributed by atoms with Gasteiger partial charge in [-0.05, 0) is 30.7 Å². The maximum Gasteiger partial charge on any atom is 0.303 e. The summed E-state index contributed by atoms with van der Waals surface area (Å²) < 4.78 is 23.3. The largest absolute Gasteiger partial charge is 0.481 e. The van der Waals surface area contributed by atoms with Crippen LogP contribution in [0.2, 0.25) is 0 Å². The molecule has 0 saturated carbocycles. The maximum atomic E-state index is 11.6. The molecule has 100 valence electrons. The monoisotopic (exact) mass is 288 g/mol. The molecule has 0 atom stereocenters. The number of carboxylic acids is 1. The number of aryl methyl sites for hydroxylation is 1. The van der Waals surface area contributed by atoms with Crippen molar-refractivity contribution in [3.05, 3.63) is 23.8 Å². The Morgan fingerprint density at radius 1 is 1.39 bits per heavy atom. The fourth-order valence-electron chi connectivity index (χ4n) is 1.71. The standard InChI is InChI=1S/C12H16O4S2/c1-17-12-9(6-4-8-11(13)14)5-3-7-10(12)18(2,15)16/h3,5,7H,4,6,8H2,1-2H3,(H,13,14). The van der Waals surface area contributed by atoms with E-state index < -0.39 is 15.8 Å². The van der Waals surface area contributed by atoms with E-state index in [4.69, 9.17) is 5.11 Å². The highest BCUT2D eigenvalue weighted by Gasteiger charge is 2.15. The Bertz CT molecular complexity index is 535. The van der Waals surface area contributed by atoms with E-state index in [9.17, 15) is 13.2 Å². The Balaban J connectivity index is 3.02. The zero-order valence-corrected chi connectivity index (χ0v) is 12.0. The lowest BCUT2D eigenvalue weighted by Gasteiger charge is -2.11. The first kappa shape index (κ1) is 15.0. The van der Waals surface area contributed by atoms with Gasteiger partial charge in [0.2, 0.25) is 0 Å². The number of hydrogen-bond acceptors (Lipinski definition) is 4. The highest BCUT2D eigenvalue weighted by molar-refractivity contribution is 7.99. The second kappa shape index (κ2) is 6.24. The van der Waals surface area contributed by atoms with Crippen molar-refractivity contribution in [2.45, 2.75) is 29.1 Å². The van der Waals surface area contributed by atoms with E-state index in [-0.39, 0.29) is 6.42 Å². The number of aliphatic carboxylic acids is 1. The fraction of sp³-hybridized carbons (Fsp3) is 0.417. The molecule has 0 aliphatic carbocycles. The maximum absolute atomic E-state index is 11.6. The zero-order chi connectivity index (χ0) is 13.8. The summed E-state index contributed by atoms with van der Waals surface area (Å²) in [5.74, 6) is -0.833. The molecule has 1 aromatic carbocycles. The van der Waals surface area contributed by atoms with Crippen molar-refractivity contribution in [1.29, 1.82) is 0 Å². The first-order chi connectivity index (χ1) is 8.36. The van der Waals surface area contributed by atoms with Gasteiger partial charge in [-0.1, -0.05) is 12.1 Å². The summed E-state index contributed by atoms with van der Waals surface area (Å²) in [5.41, 5.74) is 0.895. The van der Waals surface area contributed by atoms with E-state index in [0.717, 1.165) is 10.5 Å². The highest BCUT2D eigenvalue weighted by atomic mass is 32.2. The normalized spacial score (nSPS) is 11.4. The molecule has 0 aliphatic heterocycles. The Labute approximate surface area is 111 Å². The summed E-state index contributed by atoms with van der Waals surface area (Å²) in [6.07, 6.45) is 4.19. The minimum absolute atomic E-state index is 0.0942. The van der Waals surface area contributed by atoms with Crippen LogP contribution in [-0.2, 0) is 21.1 Å². The summed E-state index contributed by atoms with van der Waals surface area (Å²) in [6.45, 7) is 0. The van der Waals surface area contributed by atoms with Crippen LogP contribution >= 0.6 is 11.8 Å². The van der Waals surface area contributed by atoms with Crippen LogP contribution in [0.1, 0.15) is 18.4 Å². The van der Waals surface area contributed by atoms with E-state index in [2.05, 4.69) is 0 Å². The van der Waals surface area contributed by atoms with Crippen LogP contribution < -0.4 is 0 Å². The molecule has 0 radical (unpaired) electrons. The van der Waals surface area contributed by atoms with Gasteiger partial charge in [-0.15, -0.1) is 11.8 Å². The molecule has 0 amide bonds. The zero-order valence-electron chi connectivity index (χ0n) is 10.3. The molecule has 0 unspecified atom stereocenters. The van der Waals surface area contributed by atoms with E-state index in [1.807, 2.05) is 12.3 Å². The number of rotatable bonds is 6. The third-order valence-corrected chi connectivity index (χ3v) is 4.66. The van der Waals surface area contributed by atoms with Crippen LogP contribution in [0.25, 0.3) is 0 Å². The van der Waals surface area contributed by atoms with Crippen molar-refractivity contribution in [3.63, 3.8) is 0 Å². The number of thioether (sulfide) groups is 1. The molecule has 4 nitrogen and oxygen atoms in total. The van der Waals surface area contributed by atoms with Crippen molar-refractivity contribution >= 4 is 27.6 Å². The predicted octanol–water partition coefficient (Wildman–Crippen LogP) is 2.22.